The van der Waals surface area contributed by atoms with Gasteiger partial charge in [0.2, 0.25) is 0 Å². The van der Waals surface area contributed by atoms with Crippen LogP contribution < -0.4 is 5.32 Å². The van der Waals surface area contributed by atoms with Crippen molar-refractivity contribution in [3.05, 3.63) is 63.9 Å². The van der Waals surface area contributed by atoms with Crippen molar-refractivity contribution in [2.75, 3.05) is 5.32 Å². The maximum Gasteiger partial charge on any atom is 0.257 e. The number of carbonyl (C=O) groups excluding carboxylic acids is 1. The molecular weight excluding hydrogens is 323 g/mol. The molecule has 2 aromatic rings. The van der Waals surface area contributed by atoms with Crippen LogP contribution in [0.4, 0.5) is 18.9 Å². The van der Waals surface area contributed by atoms with Crippen molar-refractivity contribution in [1.82, 2.24) is 0 Å². The molecule has 19 heavy (non-hydrogen) atoms. The fourth-order valence-electron chi connectivity index (χ4n) is 1.47. The van der Waals surface area contributed by atoms with E-state index >= 15 is 0 Å². The third kappa shape index (κ3) is 2.96. The molecule has 0 spiro atoms. The van der Waals surface area contributed by atoms with E-state index in [4.69, 9.17) is 0 Å². The number of hydrogen-bond acceptors (Lipinski definition) is 1. The fraction of sp³-hybridized carbons (Fsp3) is 0. The van der Waals surface area contributed by atoms with Crippen LogP contribution in [0.5, 0.6) is 0 Å². The van der Waals surface area contributed by atoms with Gasteiger partial charge in [0.05, 0.1) is 5.56 Å². The van der Waals surface area contributed by atoms with Crippen molar-refractivity contribution < 1.29 is 18.0 Å². The summed E-state index contributed by atoms with van der Waals surface area (Å²) in [5.41, 5.74) is -0.619. The molecule has 0 aliphatic carbocycles. The van der Waals surface area contributed by atoms with Crippen LogP contribution in [0.25, 0.3) is 0 Å². The first kappa shape index (κ1) is 13.6. The predicted molar refractivity (Wildman–Crippen MR) is 68.4 cm³/mol. The van der Waals surface area contributed by atoms with E-state index in [9.17, 15) is 18.0 Å². The number of hydrogen-bond donors (Lipinski definition) is 1. The summed E-state index contributed by atoms with van der Waals surface area (Å²) < 4.78 is 40.1. The van der Waals surface area contributed by atoms with E-state index in [0.29, 0.717) is 4.47 Å². The molecule has 0 bridgehead atoms. The number of carbonyl (C=O) groups is 1. The van der Waals surface area contributed by atoms with Crippen molar-refractivity contribution in [2.24, 2.45) is 0 Å². The Bertz CT molecular complexity index is 626. The summed E-state index contributed by atoms with van der Waals surface area (Å²) in [6.07, 6.45) is 0. The second-order valence-electron chi connectivity index (χ2n) is 3.67. The number of para-hydroxylation sites is 1. The lowest BCUT2D eigenvalue weighted by Crippen LogP contribution is -2.15. The Kier molecular flexibility index (Phi) is 3.90. The van der Waals surface area contributed by atoms with Crippen LogP contribution in [0.15, 0.2) is 40.9 Å². The van der Waals surface area contributed by atoms with Gasteiger partial charge in [0.25, 0.3) is 5.91 Å². The van der Waals surface area contributed by atoms with E-state index < -0.39 is 29.0 Å². The highest BCUT2D eigenvalue weighted by molar-refractivity contribution is 9.10. The van der Waals surface area contributed by atoms with E-state index in [2.05, 4.69) is 21.2 Å². The van der Waals surface area contributed by atoms with Crippen LogP contribution in [0, 0.1) is 17.5 Å². The lowest BCUT2D eigenvalue weighted by Gasteiger charge is -2.08. The van der Waals surface area contributed by atoms with Crippen LogP contribution in [-0.2, 0) is 0 Å². The van der Waals surface area contributed by atoms with Gasteiger partial charge in [-0.05, 0) is 46.3 Å². The molecule has 0 heterocycles. The highest BCUT2D eigenvalue weighted by Crippen LogP contribution is 2.22. The first-order valence-electron chi connectivity index (χ1n) is 5.19. The third-order valence-electron chi connectivity index (χ3n) is 2.37. The molecule has 6 heteroatoms. The molecule has 0 atom stereocenters. The molecule has 2 nitrogen and oxygen atoms in total. The number of amides is 1. The summed E-state index contributed by atoms with van der Waals surface area (Å²) in [7, 11) is 0. The second kappa shape index (κ2) is 5.44. The minimum atomic E-state index is -0.902. The van der Waals surface area contributed by atoms with Crippen molar-refractivity contribution in [2.45, 2.75) is 0 Å². The summed E-state index contributed by atoms with van der Waals surface area (Å²) in [4.78, 5) is 11.9. The van der Waals surface area contributed by atoms with Gasteiger partial charge in [-0.2, -0.15) is 0 Å². The highest BCUT2D eigenvalue weighted by Gasteiger charge is 2.16. The smallest absolute Gasteiger partial charge is 0.257 e. The van der Waals surface area contributed by atoms with E-state index in [0.717, 1.165) is 24.3 Å². The summed E-state index contributed by atoms with van der Waals surface area (Å²) >= 11 is 3.07. The van der Waals surface area contributed by atoms with E-state index in [1.165, 1.54) is 12.1 Å². The molecule has 0 saturated carbocycles. The van der Waals surface area contributed by atoms with Crippen LogP contribution in [0.3, 0.4) is 0 Å². The number of benzene rings is 2. The quantitative estimate of drug-likeness (QED) is 0.882. The molecule has 0 aliphatic rings. The van der Waals surface area contributed by atoms with Gasteiger partial charge >= 0.3 is 0 Å². The average molecular weight is 330 g/mol. The van der Waals surface area contributed by atoms with Gasteiger partial charge in [0, 0.05) is 4.47 Å². The Morgan fingerprint density at radius 1 is 1.05 bits per heavy atom. The topological polar surface area (TPSA) is 29.1 Å². The standard InChI is InChI=1S/C13H7BrF3NO/c14-9-5-4-7(15)6-8(9)13(19)18-12-10(16)2-1-3-11(12)17/h1-6H,(H,18,19). The zero-order valence-corrected chi connectivity index (χ0v) is 11.0. The largest absolute Gasteiger partial charge is 0.317 e. The molecule has 0 unspecified atom stereocenters. The molecule has 1 N–H and O–H groups in total. The first-order valence-corrected chi connectivity index (χ1v) is 5.99. The van der Waals surface area contributed by atoms with Gasteiger partial charge in [0.15, 0.2) is 0 Å². The number of anilines is 1. The normalized spacial score (nSPS) is 10.3. The van der Waals surface area contributed by atoms with Crippen LogP contribution in [-0.4, -0.2) is 5.91 Å². The summed E-state index contributed by atoms with van der Waals surface area (Å²) in [6, 6.07) is 6.67. The van der Waals surface area contributed by atoms with Crippen LogP contribution >= 0.6 is 15.9 Å². The molecule has 0 fully saturated rings. The maximum absolute atomic E-state index is 13.4. The SMILES string of the molecule is O=C(Nc1c(F)cccc1F)c1cc(F)ccc1Br. The Morgan fingerprint density at radius 2 is 1.68 bits per heavy atom. The predicted octanol–water partition coefficient (Wildman–Crippen LogP) is 4.12. The van der Waals surface area contributed by atoms with Crippen LogP contribution in [0.2, 0.25) is 0 Å². The Hall–Kier alpha value is -1.82. The molecule has 0 saturated heterocycles. The van der Waals surface area contributed by atoms with Crippen LogP contribution in [0.1, 0.15) is 10.4 Å². The molecular formula is C13H7BrF3NO. The second-order valence-corrected chi connectivity index (χ2v) is 4.53. The summed E-state index contributed by atoms with van der Waals surface area (Å²) in [5.74, 6) is -3.24. The van der Waals surface area contributed by atoms with Crippen molar-refractivity contribution >= 4 is 27.5 Å². The molecule has 2 rings (SSSR count). The highest BCUT2D eigenvalue weighted by atomic mass is 79.9. The lowest BCUT2D eigenvalue weighted by atomic mass is 10.2. The van der Waals surface area contributed by atoms with E-state index in [1.54, 1.807) is 0 Å². The summed E-state index contributed by atoms with van der Waals surface area (Å²) in [6.45, 7) is 0. The van der Waals surface area contributed by atoms with E-state index in [-0.39, 0.29) is 5.56 Å². The number of nitrogens with one attached hydrogen (secondary N) is 1. The average Bonchev–Trinajstić information content (AvgIpc) is 2.37. The van der Waals surface area contributed by atoms with Crippen molar-refractivity contribution in [3.63, 3.8) is 0 Å². The van der Waals surface area contributed by atoms with Crippen molar-refractivity contribution in [1.29, 1.82) is 0 Å². The van der Waals surface area contributed by atoms with E-state index in [1.807, 2.05) is 0 Å². The maximum atomic E-state index is 13.4. The zero-order valence-electron chi connectivity index (χ0n) is 9.38. The molecule has 2 aromatic carbocycles. The monoisotopic (exact) mass is 329 g/mol. The van der Waals surface area contributed by atoms with Gasteiger partial charge in [-0.25, -0.2) is 13.2 Å². The lowest BCUT2D eigenvalue weighted by molar-refractivity contribution is 0.102. The van der Waals surface area contributed by atoms with Gasteiger partial charge in [-0.15, -0.1) is 0 Å². The molecule has 0 aromatic heterocycles. The molecule has 0 aliphatic heterocycles. The van der Waals surface area contributed by atoms with Crippen molar-refractivity contribution in [3.8, 4) is 0 Å². The third-order valence-corrected chi connectivity index (χ3v) is 3.07. The Labute approximate surface area is 115 Å². The minimum absolute atomic E-state index is 0.0531. The first-order chi connectivity index (χ1) is 8.99. The van der Waals surface area contributed by atoms with Gasteiger partial charge in [-0.3, -0.25) is 4.79 Å². The minimum Gasteiger partial charge on any atom is -0.317 e. The Balaban J connectivity index is 2.34. The number of halogens is 4. The molecule has 1 amide bonds. The molecule has 0 radical (unpaired) electrons. The van der Waals surface area contributed by atoms with Gasteiger partial charge in [0.1, 0.15) is 23.1 Å². The fourth-order valence-corrected chi connectivity index (χ4v) is 1.90. The van der Waals surface area contributed by atoms with Gasteiger partial charge in [-0.1, -0.05) is 6.07 Å². The number of rotatable bonds is 2. The Morgan fingerprint density at radius 3 is 2.32 bits per heavy atom. The van der Waals surface area contributed by atoms with Gasteiger partial charge < -0.3 is 5.32 Å². The zero-order chi connectivity index (χ0) is 14.0. The molecule has 98 valence electrons. The summed E-state index contributed by atoms with van der Waals surface area (Å²) in [5, 5.41) is 2.08.